The third-order valence-electron chi connectivity index (χ3n) is 5.91. The number of likely N-dealkylation sites (tertiary alicyclic amines) is 2. The molecule has 3 amide bonds. The molecule has 0 aromatic heterocycles. The maximum absolute atomic E-state index is 12.8. The normalized spacial score (nSPS) is 18.0. The summed E-state index contributed by atoms with van der Waals surface area (Å²) < 4.78 is 0. The summed E-state index contributed by atoms with van der Waals surface area (Å²) in [6.45, 7) is 5.05. The highest BCUT2D eigenvalue weighted by molar-refractivity contribution is 8.00. The Balaban J connectivity index is 1.34. The van der Waals surface area contributed by atoms with E-state index in [1.54, 1.807) is 0 Å². The standard InChI is InChI=1S/C23H33N3O3S/c1-18-6-8-20(9-7-18)24-21(27)16-30-17-22(28)25-14-10-19(11-15-25)23(29)26-12-4-2-3-5-13-26/h6-9,19H,2-5,10-17H2,1H3,(H,24,27). The van der Waals surface area contributed by atoms with E-state index >= 15 is 0 Å². The fourth-order valence-electron chi connectivity index (χ4n) is 4.08. The monoisotopic (exact) mass is 431 g/mol. The first kappa shape index (κ1) is 22.7. The molecule has 2 heterocycles. The minimum atomic E-state index is -0.0987. The molecule has 1 aromatic rings. The lowest BCUT2D eigenvalue weighted by atomic mass is 9.95. The van der Waals surface area contributed by atoms with Crippen molar-refractivity contribution in [3.63, 3.8) is 0 Å². The molecule has 7 heteroatoms. The van der Waals surface area contributed by atoms with Crippen LogP contribution in [-0.2, 0) is 14.4 Å². The Labute approximate surface area is 183 Å². The minimum absolute atomic E-state index is 0.0556. The second kappa shape index (κ2) is 11.4. The smallest absolute Gasteiger partial charge is 0.234 e. The molecule has 164 valence electrons. The summed E-state index contributed by atoms with van der Waals surface area (Å²) >= 11 is 1.34. The molecule has 1 aromatic carbocycles. The lowest BCUT2D eigenvalue weighted by Gasteiger charge is -2.34. The summed E-state index contributed by atoms with van der Waals surface area (Å²) in [4.78, 5) is 41.2. The summed E-state index contributed by atoms with van der Waals surface area (Å²) in [5, 5.41) is 2.85. The summed E-state index contributed by atoms with van der Waals surface area (Å²) in [6, 6.07) is 7.65. The molecule has 2 aliphatic rings. The molecule has 2 saturated heterocycles. The molecule has 0 unspecified atom stereocenters. The third-order valence-corrected chi connectivity index (χ3v) is 6.83. The van der Waals surface area contributed by atoms with Gasteiger partial charge in [0.2, 0.25) is 17.7 Å². The van der Waals surface area contributed by atoms with E-state index in [2.05, 4.69) is 5.32 Å². The number of anilines is 1. The lowest BCUT2D eigenvalue weighted by molar-refractivity contribution is -0.139. The zero-order chi connectivity index (χ0) is 21.3. The van der Waals surface area contributed by atoms with Crippen LogP contribution in [0.3, 0.4) is 0 Å². The van der Waals surface area contributed by atoms with E-state index in [1.165, 1.54) is 24.6 Å². The molecule has 0 radical (unpaired) electrons. The average Bonchev–Trinajstić information content (AvgIpc) is 3.04. The van der Waals surface area contributed by atoms with Crippen LogP contribution in [0.25, 0.3) is 0 Å². The van der Waals surface area contributed by atoms with Gasteiger partial charge in [0.05, 0.1) is 11.5 Å². The van der Waals surface area contributed by atoms with Gasteiger partial charge in [-0.25, -0.2) is 0 Å². The molecule has 2 fully saturated rings. The fourth-order valence-corrected chi connectivity index (χ4v) is 4.80. The van der Waals surface area contributed by atoms with E-state index in [0.717, 1.165) is 50.0 Å². The molecule has 30 heavy (non-hydrogen) atoms. The Morgan fingerprint density at radius 2 is 1.53 bits per heavy atom. The molecule has 0 spiro atoms. The Bertz CT molecular complexity index is 722. The lowest BCUT2D eigenvalue weighted by Crippen LogP contribution is -2.45. The number of aryl methyl sites for hydroxylation is 1. The van der Waals surface area contributed by atoms with Gasteiger partial charge in [0.1, 0.15) is 0 Å². The molecule has 3 rings (SSSR count). The predicted molar refractivity (Wildman–Crippen MR) is 121 cm³/mol. The Morgan fingerprint density at radius 1 is 0.900 bits per heavy atom. The highest BCUT2D eigenvalue weighted by Gasteiger charge is 2.30. The van der Waals surface area contributed by atoms with Crippen molar-refractivity contribution in [2.75, 3.05) is 43.0 Å². The first-order chi connectivity index (χ1) is 14.5. The predicted octanol–water partition coefficient (Wildman–Crippen LogP) is 3.31. The van der Waals surface area contributed by atoms with Crippen LogP contribution >= 0.6 is 11.8 Å². The van der Waals surface area contributed by atoms with E-state index in [9.17, 15) is 14.4 Å². The van der Waals surface area contributed by atoms with Crippen molar-refractivity contribution >= 4 is 35.2 Å². The van der Waals surface area contributed by atoms with Crippen molar-refractivity contribution in [1.82, 2.24) is 9.80 Å². The van der Waals surface area contributed by atoms with Crippen molar-refractivity contribution in [2.24, 2.45) is 5.92 Å². The summed E-state index contributed by atoms with van der Waals surface area (Å²) in [5.74, 6) is 0.851. The summed E-state index contributed by atoms with van der Waals surface area (Å²) in [7, 11) is 0. The van der Waals surface area contributed by atoms with E-state index in [4.69, 9.17) is 0 Å². The van der Waals surface area contributed by atoms with Crippen LogP contribution in [0.2, 0.25) is 0 Å². The van der Waals surface area contributed by atoms with Crippen molar-refractivity contribution in [3.8, 4) is 0 Å². The number of amides is 3. The first-order valence-corrected chi connectivity index (χ1v) is 12.2. The largest absolute Gasteiger partial charge is 0.342 e. The second-order valence-electron chi connectivity index (χ2n) is 8.30. The van der Waals surface area contributed by atoms with Crippen molar-refractivity contribution < 1.29 is 14.4 Å². The number of hydrogen-bond donors (Lipinski definition) is 1. The molecule has 6 nitrogen and oxygen atoms in total. The van der Waals surface area contributed by atoms with Crippen LogP contribution in [-0.4, -0.2) is 65.2 Å². The van der Waals surface area contributed by atoms with E-state index in [-0.39, 0.29) is 29.4 Å². The zero-order valence-corrected chi connectivity index (χ0v) is 18.7. The number of hydrogen-bond acceptors (Lipinski definition) is 4. The van der Waals surface area contributed by atoms with E-state index in [1.807, 2.05) is 41.0 Å². The SMILES string of the molecule is Cc1ccc(NC(=O)CSCC(=O)N2CCC(C(=O)N3CCCCCC3)CC2)cc1. The van der Waals surface area contributed by atoms with Gasteiger partial charge in [0, 0.05) is 37.8 Å². The minimum Gasteiger partial charge on any atom is -0.342 e. The quantitative estimate of drug-likeness (QED) is 0.750. The highest BCUT2D eigenvalue weighted by atomic mass is 32.2. The maximum Gasteiger partial charge on any atom is 0.234 e. The molecule has 0 atom stereocenters. The van der Waals surface area contributed by atoms with Crippen molar-refractivity contribution in [3.05, 3.63) is 29.8 Å². The molecule has 0 aliphatic carbocycles. The number of carbonyl (C=O) groups is 3. The first-order valence-electron chi connectivity index (χ1n) is 11.0. The number of carbonyl (C=O) groups excluding carboxylic acids is 3. The van der Waals surface area contributed by atoms with Crippen LogP contribution in [0.5, 0.6) is 0 Å². The summed E-state index contributed by atoms with van der Waals surface area (Å²) in [5.41, 5.74) is 1.92. The third kappa shape index (κ3) is 6.76. The number of rotatable bonds is 6. The molecule has 1 N–H and O–H groups in total. The molecule has 2 aliphatic heterocycles. The van der Waals surface area contributed by atoms with Gasteiger partial charge in [-0.05, 0) is 44.7 Å². The van der Waals surface area contributed by atoms with Gasteiger partial charge in [-0.1, -0.05) is 30.5 Å². The van der Waals surface area contributed by atoms with Crippen LogP contribution in [0.15, 0.2) is 24.3 Å². The van der Waals surface area contributed by atoms with Gasteiger partial charge >= 0.3 is 0 Å². The topological polar surface area (TPSA) is 69.7 Å². The van der Waals surface area contributed by atoms with Gasteiger partial charge < -0.3 is 15.1 Å². The van der Waals surface area contributed by atoms with Crippen LogP contribution in [0.1, 0.15) is 44.1 Å². The van der Waals surface area contributed by atoms with E-state index < -0.39 is 0 Å². The zero-order valence-electron chi connectivity index (χ0n) is 17.9. The Kier molecular flexibility index (Phi) is 8.61. The number of thioether (sulfide) groups is 1. The van der Waals surface area contributed by atoms with Gasteiger partial charge in [0.25, 0.3) is 0 Å². The van der Waals surface area contributed by atoms with Gasteiger partial charge in [-0.3, -0.25) is 14.4 Å². The number of nitrogens with zero attached hydrogens (tertiary/aromatic N) is 2. The van der Waals surface area contributed by atoms with Gasteiger partial charge in [0.15, 0.2) is 0 Å². The van der Waals surface area contributed by atoms with Crippen molar-refractivity contribution in [2.45, 2.75) is 45.4 Å². The van der Waals surface area contributed by atoms with Gasteiger partial charge in [-0.15, -0.1) is 11.8 Å². The molecule has 0 saturated carbocycles. The molecular weight excluding hydrogens is 398 g/mol. The number of nitrogens with one attached hydrogen (secondary N) is 1. The number of piperidine rings is 1. The van der Waals surface area contributed by atoms with Crippen LogP contribution < -0.4 is 5.32 Å². The average molecular weight is 432 g/mol. The summed E-state index contributed by atoms with van der Waals surface area (Å²) in [6.07, 6.45) is 6.16. The number of benzene rings is 1. The molecular formula is C23H33N3O3S. The van der Waals surface area contributed by atoms with Crippen molar-refractivity contribution in [1.29, 1.82) is 0 Å². The second-order valence-corrected chi connectivity index (χ2v) is 9.29. The van der Waals surface area contributed by atoms with Crippen LogP contribution in [0.4, 0.5) is 5.69 Å². The van der Waals surface area contributed by atoms with Gasteiger partial charge in [-0.2, -0.15) is 0 Å². The maximum atomic E-state index is 12.8. The Hall–Kier alpha value is -2.02. The highest BCUT2D eigenvalue weighted by Crippen LogP contribution is 2.22. The molecule has 0 bridgehead atoms. The fraction of sp³-hybridized carbons (Fsp3) is 0.609. The van der Waals surface area contributed by atoms with Crippen LogP contribution in [0, 0.1) is 12.8 Å². The van der Waals surface area contributed by atoms with E-state index in [0.29, 0.717) is 18.8 Å². The Morgan fingerprint density at radius 3 is 2.17 bits per heavy atom.